The van der Waals surface area contributed by atoms with Gasteiger partial charge in [0.1, 0.15) is 0 Å². The van der Waals surface area contributed by atoms with Gasteiger partial charge in [-0.1, -0.05) is 89.8 Å². The SMILES string of the molecule is C.C.CC1=C2C[C@H]3[C@@H](CCC4=CC(=O)CC[C@@]43C)[C@@H]2CC[C@@]2(C1)O[C@@H]1C[C@H](C)CN(CCN(C)C)[C@H]1[C@H]2C.CC1=C2C[C@H]3[C@@H](CCC4=CC(=O)CC[C@@]43C)[C@@H]2CC[C@@]2(C1)O[C@@H]1C[C@H](C)CN(CCN)[C@H]1[C@H]2C. The lowest BCUT2D eigenvalue weighted by Gasteiger charge is -2.48. The topological polar surface area (TPSA) is 88.3 Å². The first-order chi connectivity index (χ1) is 33.4. The number of nitrogens with zero attached hydrogens (tertiary/aromatic N) is 3. The maximum atomic E-state index is 12.2. The normalized spacial score (nSPS) is 46.5. The van der Waals surface area contributed by atoms with E-state index in [1.807, 2.05) is 12.2 Å². The first-order valence-electron chi connectivity index (χ1n) is 29.4. The van der Waals surface area contributed by atoms with Crippen molar-refractivity contribution in [3.8, 4) is 0 Å². The van der Waals surface area contributed by atoms with Crippen LogP contribution in [0, 0.1) is 70.0 Å². The lowest BCUT2D eigenvalue weighted by atomic mass is 9.56. The van der Waals surface area contributed by atoms with Crippen LogP contribution in [-0.4, -0.2) is 115 Å². The van der Waals surface area contributed by atoms with E-state index >= 15 is 0 Å². The molecule has 0 aromatic heterocycles. The second-order valence-corrected chi connectivity index (χ2v) is 27.7. The van der Waals surface area contributed by atoms with Crippen molar-refractivity contribution >= 4 is 11.6 Å². The average Bonchev–Trinajstić information content (AvgIpc) is 3.98. The number of likely N-dealkylation sites (tertiary alicyclic amines) is 2. The Balaban J connectivity index is 0.000000173. The maximum absolute atomic E-state index is 12.2. The molecule has 8 aliphatic carbocycles. The monoisotopic (exact) mass is 993 g/mol. The van der Waals surface area contributed by atoms with E-state index in [2.05, 4.69) is 84.2 Å². The highest BCUT2D eigenvalue weighted by Crippen LogP contribution is 2.66. The number of rotatable bonds is 5. The minimum atomic E-state index is 0. The van der Waals surface area contributed by atoms with E-state index in [4.69, 9.17) is 15.2 Å². The zero-order chi connectivity index (χ0) is 49.2. The van der Waals surface area contributed by atoms with E-state index in [1.165, 1.54) is 88.4 Å². The summed E-state index contributed by atoms with van der Waals surface area (Å²) in [5, 5.41) is 0. The number of carbonyl (C=O) groups is 2. The number of ether oxygens (including phenoxy) is 2. The lowest BCUT2D eigenvalue weighted by Crippen LogP contribution is -2.53. The molecule has 0 unspecified atom stereocenters. The third-order valence-electron chi connectivity index (χ3n) is 23.5. The summed E-state index contributed by atoms with van der Waals surface area (Å²) in [6.07, 6.45) is 25.6. The molecule has 12 aliphatic rings. The summed E-state index contributed by atoms with van der Waals surface area (Å²) in [7, 11) is 4.40. The molecule has 8 heteroatoms. The van der Waals surface area contributed by atoms with Gasteiger partial charge in [0, 0.05) is 76.0 Å². The Labute approximate surface area is 439 Å². The number of ketones is 2. The maximum Gasteiger partial charge on any atom is 0.155 e. The molecule has 72 heavy (non-hydrogen) atoms. The van der Waals surface area contributed by atoms with Gasteiger partial charge in [-0.25, -0.2) is 0 Å². The Morgan fingerprint density at radius 2 is 1.07 bits per heavy atom. The van der Waals surface area contributed by atoms with Gasteiger partial charge in [0.05, 0.1) is 23.4 Å². The largest absolute Gasteiger partial charge is 0.369 e. The fourth-order valence-electron chi connectivity index (χ4n) is 20.0. The second-order valence-electron chi connectivity index (χ2n) is 27.7. The lowest BCUT2D eigenvalue weighted by molar-refractivity contribution is -0.117. The van der Waals surface area contributed by atoms with Gasteiger partial charge in [-0.15, -0.1) is 0 Å². The van der Waals surface area contributed by atoms with E-state index in [9.17, 15) is 9.59 Å². The Morgan fingerprint density at radius 3 is 1.49 bits per heavy atom. The van der Waals surface area contributed by atoms with Crippen LogP contribution in [0.5, 0.6) is 0 Å². The summed E-state index contributed by atoms with van der Waals surface area (Å²) >= 11 is 0. The highest BCUT2D eigenvalue weighted by molar-refractivity contribution is 5.92. The van der Waals surface area contributed by atoms with Crippen LogP contribution < -0.4 is 5.73 Å². The predicted molar refractivity (Wildman–Crippen MR) is 295 cm³/mol. The highest BCUT2D eigenvalue weighted by Gasteiger charge is 2.62. The molecule has 8 fully saturated rings. The Hall–Kier alpha value is -1.94. The summed E-state index contributed by atoms with van der Waals surface area (Å²) < 4.78 is 14.4. The number of fused-ring (bicyclic) bond motifs is 12. The van der Waals surface area contributed by atoms with Crippen LogP contribution in [0.25, 0.3) is 0 Å². The first-order valence-corrected chi connectivity index (χ1v) is 29.4. The fourth-order valence-corrected chi connectivity index (χ4v) is 20.0. The van der Waals surface area contributed by atoms with Crippen LogP contribution >= 0.6 is 0 Å². The third-order valence-corrected chi connectivity index (χ3v) is 23.5. The average molecular weight is 994 g/mol. The van der Waals surface area contributed by atoms with Gasteiger partial charge in [0.2, 0.25) is 0 Å². The number of hydrogen-bond donors (Lipinski definition) is 1. The number of carbonyl (C=O) groups excluding carboxylic acids is 2. The molecular formula is C64H104N4O4. The minimum absolute atomic E-state index is 0. The molecule has 0 bridgehead atoms. The molecule has 2 spiro atoms. The van der Waals surface area contributed by atoms with E-state index in [0.29, 0.717) is 59.5 Å². The fraction of sp³-hybridized carbons (Fsp3) is 0.844. The van der Waals surface area contributed by atoms with Crippen LogP contribution in [0.4, 0.5) is 0 Å². The van der Waals surface area contributed by atoms with Crippen LogP contribution in [0.1, 0.15) is 186 Å². The number of piperidine rings is 2. The van der Waals surface area contributed by atoms with Crippen LogP contribution in [-0.2, 0) is 19.1 Å². The van der Waals surface area contributed by atoms with E-state index in [-0.39, 0.29) is 36.9 Å². The molecular weight excluding hydrogens is 889 g/mol. The van der Waals surface area contributed by atoms with Crippen molar-refractivity contribution < 1.29 is 19.1 Å². The van der Waals surface area contributed by atoms with Gasteiger partial charge >= 0.3 is 0 Å². The Morgan fingerprint density at radius 1 is 0.639 bits per heavy atom. The van der Waals surface area contributed by atoms with Crippen molar-refractivity contribution in [3.05, 3.63) is 45.6 Å². The van der Waals surface area contributed by atoms with Gasteiger partial charge in [0.15, 0.2) is 11.6 Å². The van der Waals surface area contributed by atoms with E-state index < -0.39 is 0 Å². The van der Waals surface area contributed by atoms with Gasteiger partial charge in [-0.2, -0.15) is 0 Å². The first kappa shape index (κ1) is 54.8. The zero-order valence-electron chi connectivity index (χ0n) is 45.8. The van der Waals surface area contributed by atoms with Crippen molar-refractivity contribution in [2.75, 3.05) is 53.4 Å². The van der Waals surface area contributed by atoms with Crippen LogP contribution in [0.3, 0.4) is 0 Å². The molecule has 8 nitrogen and oxygen atoms in total. The number of likely N-dealkylation sites (N-methyl/N-ethyl adjacent to an activating group) is 1. The molecule has 4 aliphatic heterocycles. The molecule has 404 valence electrons. The smallest absolute Gasteiger partial charge is 0.155 e. The predicted octanol–water partition coefficient (Wildman–Crippen LogP) is 12.4. The summed E-state index contributed by atoms with van der Waals surface area (Å²) in [5.74, 6) is 7.83. The van der Waals surface area contributed by atoms with E-state index in [1.54, 1.807) is 22.3 Å². The molecule has 4 saturated carbocycles. The van der Waals surface area contributed by atoms with Crippen molar-refractivity contribution in [1.82, 2.24) is 14.7 Å². The number of hydrogen-bond acceptors (Lipinski definition) is 8. The van der Waals surface area contributed by atoms with Crippen molar-refractivity contribution in [2.24, 2.45) is 75.7 Å². The molecule has 0 aromatic rings. The molecule has 18 atom stereocenters. The molecule has 12 rings (SSSR count). The Bertz CT molecular complexity index is 2190. The molecule has 0 radical (unpaired) electrons. The Kier molecular flexibility index (Phi) is 15.6. The zero-order valence-corrected chi connectivity index (χ0v) is 45.8. The summed E-state index contributed by atoms with van der Waals surface area (Å²) in [6, 6.07) is 1.11. The molecule has 4 heterocycles. The van der Waals surface area contributed by atoms with Gasteiger partial charge in [-0.3, -0.25) is 19.4 Å². The number of allylic oxidation sites excluding steroid dienone is 6. The highest BCUT2D eigenvalue weighted by atomic mass is 16.5. The third kappa shape index (κ3) is 9.03. The summed E-state index contributed by atoms with van der Waals surface area (Å²) in [4.78, 5) is 32.1. The van der Waals surface area contributed by atoms with Gasteiger partial charge in [-0.05, 0) is 201 Å². The van der Waals surface area contributed by atoms with Crippen molar-refractivity contribution in [2.45, 2.75) is 221 Å². The standard InChI is InChI=1S/C32H50N2O2.C30H46N2O2.2CH4/c1-20-15-29-30(34(19-20)14-13-33(5)6)22(3)32(36-29)12-10-25-26-8-7-23-16-24(35)9-11-31(23,4)28(26)17-27(25)21(2)18-32;1-18-13-27-28(32(17-18)12-11-31)20(3)30(34-27)10-8-23-24-6-5-21-14-22(33)7-9-29(21,4)26(24)15-25(23)19(2)16-30;;/h16,20,22,25-26,28-30H,7-15,17-19H2,1-6H3;14,18,20,23-24,26-28H,5-13,15-17,31H2,1-4H3;2*1H4/t20-,22+,25-,26-,28-,29+,30-,31-,32-;18-,20+,23-,24-,26-,27+,28-,29-,30-;;/m00../s1. The van der Waals surface area contributed by atoms with Gasteiger partial charge < -0.3 is 20.1 Å². The van der Waals surface area contributed by atoms with E-state index in [0.717, 1.165) is 113 Å². The minimum Gasteiger partial charge on any atom is -0.369 e. The quantitative estimate of drug-likeness (QED) is 0.273. The summed E-state index contributed by atoms with van der Waals surface area (Å²) in [5.41, 5.74) is 16.4. The van der Waals surface area contributed by atoms with Crippen molar-refractivity contribution in [3.63, 3.8) is 0 Å². The van der Waals surface area contributed by atoms with Crippen LogP contribution in [0.2, 0.25) is 0 Å². The molecule has 0 amide bonds. The molecule has 4 saturated heterocycles. The second kappa shape index (κ2) is 20.5. The van der Waals surface area contributed by atoms with Gasteiger partial charge in [0.25, 0.3) is 0 Å². The number of nitrogens with two attached hydrogens (primary N) is 1. The molecule has 0 aromatic carbocycles. The molecule has 2 N–H and O–H groups in total. The van der Waals surface area contributed by atoms with Crippen molar-refractivity contribution in [1.29, 1.82) is 0 Å². The summed E-state index contributed by atoms with van der Waals surface area (Å²) in [6.45, 7) is 26.1. The van der Waals surface area contributed by atoms with Crippen LogP contribution in [0.15, 0.2) is 45.6 Å².